The van der Waals surface area contributed by atoms with E-state index in [4.69, 9.17) is 4.74 Å². The number of nitrogens with one attached hydrogen (secondary N) is 2. The molecule has 1 atom stereocenters. The zero-order valence-electron chi connectivity index (χ0n) is 14.7. The lowest BCUT2D eigenvalue weighted by Crippen LogP contribution is -2.47. The molecule has 2 rings (SSSR count). The fourth-order valence-corrected chi connectivity index (χ4v) is 2.24. The van der Waals surface area contributed by atoms with Crippen molar-refractivity contribution in [2.24, 2.45) is 5.92 Å². The summed E-state index contributed by atoms with van der Waals surface area (Å²) in [6.07, 6.45) is 0.992. The molecule has 6 heteroatoms. The number of carbonyl (C=O) groups is 2. The maximum atomic E-state index is 12.5. The second kappa shape index (κ2) is 8.82. The number of hydrogen-bond donors (Lipinski definition) is 2. The molecular formula is C19H23N3O3. The van der Waals surface area contributed by atoms with Crippen LogP contribution in [0, 0.1) is 12.8 Å². The summed E-state index contributed by atoms with van der Waals surface area (Å²) in [5.41, 5.74) is 1.87. The zero-order chi connectivity index (χ0) is 18.2. The molecular weight excluding hydrogens is 318 g/mol. The Hall–Kier alpha value is -2.89. The first kappa shape index (κ1) is 18.4. The number of alkyl carbamates (subject to hydrolysis) is 1. The number of rotatable bonds is 6. The summed E-state index contributed by atoms with van der Waals surface area (Å²) < 4.78 is 5.18. The van der Waals surface area contributed by atoms with E-state index >= 15 is 0 Å². The molecule has 1 heterocycles. The third kappa shape index (κ3) is 5.91. The first-order valence-electron chi connectivity index (χ1n) is 8.16. The van der Waals surface area contributed by atoms with Crippen LogP contribution in [0.25, 0.3) is 0 Å². The molecule has 6 nitrogen and oxygen atoms in total. The average molecular weight is 341 g/mol. The Bertz CT molecular complexity index is 717. The van der Waals surface area contributed by atoms with Gasteiger partial charge in [-0.15, -0.1) is 0 Å². The highest BCUT2D eigenvalue weighted by Crippen LogP contribution is 2.09. The van der Waals surface area contributed by atoms with Crippen molar-refractivity contribution in [1.82, 2.24) is 10.3 Å². The molecule has 132 valence electrons. The standard InChI is InChI=1S/C19H23N3O3/c1-13(2)17(18(23)21-16-11-14(3)9-10-20-16)22-19(24)25-12-15-7-5-4-6-8-15/h4-11,13,17H,12H2,1-3H3,(H,22,24)(H,20,21,23)/t17-/m0/s1. The van der Waals surface area contributed by atoms with Gasteiger partial charge in [0.25, 0.3) is 0 Å². The minimum absolute atomic E-state index is 0.103. The van der Waals surface area contributed by atoms with E-state index < -0.39 is 12.1 Å². The quantitative estimate of drug-likeness (QED) is 0.845. The maximum absolute atomic E-state index is 12.5. The number of benzene rings is 1. The van der Waals surface area contributed by atoms with Crippen LogP contribution < -0.4 is 10.6 Å². The predicted molar refractivity (Wildman–Crippen MR) is 96.0 cm³/mol. The van der Waals surface area contributed by atoms with E-state index in [2.05, 4.69) is 15.6 Å². The van der Waals surface area contributed by atoms with E-state index in [1.165, 1.54) is 0 Å². The lowest BCUT2D eigenvalue weighted by atomic mass is 10.0. The van der Waals surface area contributed by atoms with Crippen molar-refractivity contribution in [2.75, 3.05) is 5.32 Å². The van der Waals surface area contributed by atoms with Crippen molar-refractivity contribution in [2.45, 2.75) is 33.4 Å². The van der Waals surface area contributed by atoms with E-state index in [9.17, 15) is 9.59 Å². The third-order valence-electron chi connectivity index (χ3n) is 3.60. The van der Waals surface area contributed by atoms with Crippen molar-refractivity contribution in [3.63, 3.8) is 0 Å². The van der Waals surface area contributed by atoms with E-state index in [1.54, 1.807) is 12.3 Å². The summed E-state index contributed by atoms with van der Waals surface area (Å²) in [5.74, 6) is 0.0222. The second-order valence-corrected chi connectivity index (χ2v) is 6.14. The van der Waals surface area contributed by atoms with Crippen LogP contribution in [0.1, 0.15) is 25.0 Å². The summed E-state index contributed by atoms with van der Waals surface area (Å²) in [6.45, 7) is 5.77. The molecule has 0 aliphatic carbocycles. The first-order valence-corrected chi connectivity index (χ1v) is 8.16. The SMILES string of the molecule is Cc1ccnc(NC(=O)[C@@H](NC(=O)OCc2ccccc2)C(C)C)c1. The molecule has 1 aromatic carbocycles. The van der Waals surface area contributed by atoms with Gasteiger partial charge >= 0.3 is 6.09 Å². The predicted octanol–water partition coefficient (Wildman–Crippen LogP) is 3.28. The largest absolute Gasteiger partial charge is 0.445 e. The van der Waals surface area contributed by atoms with Gasteiger partial charge in [-0.1, -0.05) is 44.2 Å². The molecule has 1 aromatic heterocycles. The van der Waals surface area contributed by atoms with Crippen molar-refractivity contribution < 1.29 is 14.3 Å². The first-order chi connectivity index (χ1) is 12.0. The molecule has 0 unspecified atom stereocenters. The lowest BCUT2D eigenvalue weighted by Gasteiger charge is -2.21. The number of aromatic nitrogens is 1. The molecule has 2 aromatic rings. The number of hydrogen-bond acceptors (Lipinski definition) is 4. The van der Waals surface area contributed by atoms with Gasteiger partial charge in [-0.25, -0.2) is 9.78 Å². The van der Waals surface area contributed by atoms with E-state index in [1.807, 2.05) is 57.2 Å². The zero-order valence-corrected chi connectivity index (χ0v) is 14.7. The monoisotopic (exact) mass is 341 g/mol. The number of aryl methyl sites for hydroxylation is 1. The van der Waals surface area contributed by atoms with Crippen molar-refractivity contribution in [1.29, 1.82) is 0 Å². The fourth-order valence-electron chi connectivity index (χ4n) is 2.24. The summed E-state index contributed by atoms with van der Waals surface area (Å²) in [6, 6.07) is 12.3. The van der Waals surface area contributed by atoms with Crippen LogP contribution in [0.5, 0.6) is 0 Å². The molecule has 2 amide bonds. The highest BCUT2D eigenvalue weighted by atomic mass is 16.5. The Morgan fingerprint density at radius 1 is 1.16 bits per heavy atom. The smallest absolute Gasteiger partial charge is 0.408 e. The van der Waals surface area contributed by atoms with Crippen LogP contribution in [0.4, 0.5) is 10.6 Å². The van der Waals surface area contributed by atoms with Gasteiger partial charge in [-0.2, -0.15) is 0 Å². The van der Waals surface area contributed by atoms with Gasteiger partial charge in [0.05, 0.1) is 0 Å². The number of carbonyl (C=O) groups excluding carboxylic acids is 2. The second-order valence-electron chi connectivity index (χ2n) is 6.14. The summed E-state index contributed by atoms with van der Waals surface area (Å²) in [4.78, 5) is 28.6. The van der Waals surface area contributed by atoms with E-state index in [-0.39, 0.29) is 18.4 Å². The van der Waals surface area contributed by atoms with Crippen LogP contribution in [-0.4, -0.2) is 23.0 Å². The number of anilines is 1. The Labute approximate surface area is 147 Å². The molecule has 0 fully saturated rings. The molecule has 0 bridgehead atoms. The van der Waals surface area contributed by atoms with Crippen LogP contribution in [-0.2, 0) is 16.1 Å². The highest BCUT2D eigenvalue weighted by Gasteiger charge is 2.25. The van der Waals surface area contributed by atoms with Crippen LogP contribution >= 0.6 is 0 Å². The molecule has 0 spiro atoms. The summed E-state index contributed by atoms with van der Waals surface area (Å²) in [5, 5.41) is 5.34. The summed E-state index contributed by atoms with van der Waals surface area (Å²) >= 11 is 0. The minimum atomic E-state index is -0.717. The van der Waals surface area contributed by atoms with Crippen molar-refractivity contribution in [3.05, 3.63) is 59.8 Å². The average Bonchev–Trinajstić information content (AvgIpc) is 2.58. The van der Waals surface area contributed by atoms with Crippen LogP contribution in [0.3, 0.4) is 0 Å². The minimum Gasteiger partial charge on any atom is -0.445 e. The van der Waals surface area contributed by atoms with Gasteiger partial charge in [0.15, 0.2) is 0 Å². The fraction of sp³-hybridized carbons (Fsp3) is 0.316. The van der Waals surface area contributed by atoms with E-state index in [0.717, 1.165) is 11.1 Å². The Morgan fingerprint density at radius 2 is 1.88 bits per heavy atom. The van der Waals surface area contributed by atoms with Gasteiger partial charge in [0, 0.05) is 6.20 Å². The van der Waals surface area contributed by atoms with E-state index in [0.29, 0.717) is 5.82 Å². The topological polar surface area (TPSA) is 80.3 Å². The van der Waals surface area contributed by atoms with Crippen LogP contribution in [0.15, 0.2) is 48.7 Å². The Morgan fingerprint density at radius 3 is 2.52 bits per heavy atom. The summed E-state index contributed by atoms with van der Waals surface area (Å²) in [7, 11) is 0. The van der Waals surface area contributed by atoms with Gasteiger partial charge in [0.1, 0.15) is 18.5 Å². The number of pyridine rings is 1. The highest BCUT2D eigenvalue weighted by molar-refractivity contribution is 5.96. The molecule has 0 aliphatic heterocycles. The molecule has 0 radical (unpaired) electrons. The lowest BCUT2D eigenvalue weighted by molar-refractivity contribution is -0.119. The number of nitrogens with zero attached hydrogens (tertiary/aromatic N) is 1. The molecule has 2 N–H and O–H groups in total. The van der Waals surface area contributed by atoms with Crippen molar-refractivity contribution in [3.8, 4) is 0 Å². The van der Waals surface area contributed by atoms with Gasteiger partial charge in [0.2, 0.25) is 5.91 Å². The normalized spacial score (nSPS) is 11.7. The third-order valence-corrected chi connectivity index (χ3v) is 3.60. The van der Waals surface area contributed by atoms with Crippen LogP contribution in [0.2, 0.25) is 0 Å². The van der Waals surface area contributed by atoms with Gasteiger partial charge < -0.3 is 15.4 Å². The van der Waals surface area contributed by atoms with Gasteiger partial charge in [-0.05, 0) is 36.1 Å². The van der Waals surface area contributed by atoms with Gasteiger partial charge in [-0.3, -0.25) is 4.79 Å². The number of amides is 2. The Balaban J connectivity index is 1.92. The van der Waals surface area contributed by atoms with Crippen molar-refractivity contribution >= 4 is 17.8 Å². The molecule has 0 saturated carbocycles. The molecule has 25 heavy (non-hydrogen) atoms. The molecule has 0 saturated heterocycles. The maximum Gasteiger partial charge on any atom is 0.408 e. The number of ether oxygens (including phenoxy) is 1. The Kier molecular flexibility index (Phi) is 6.51. The molecule has 0 aliphatic rings.